The van der Waals surface area contributed by atoms with Gasteiger partial charge in [-0.3, -0.25) is 14.7 Å². The number of amides is 1. The Morgan fingerprint density at radius 2 is 1.95 bits per heavy atom. The molecule has 1 amide bonds. The Balaban J connectivity index is 1.12. The van der Waals surface area contributed by atoms with Gasteiger partial charge in [-0.1, -0.05) is 43.5 Å². The van der Waals surface area contributed by atoms with Gasteiger partial charge in [-0.25, -0.2) is 0 Å². The second kappa shape index (κ2) is 15.2. The molecule has 7 nitrogen and oxygen atoms in total. The van der Waals surface area contributed by atoms with Crippen molar-refractivity contribution < 1.29 is 4.79 Å². The molecule has 1 aliphatic heterocycles. The lowest BCUT2D eigenvalue weighted by molar-refractivity contribution is -0.122. The van der Waals surface area contributed by atoms with E-state index in [-0.39, 0.29) is 11.9 Å². The maximum atomic E-state index is 12.6. The van der Waals surface area contributed by atoms with E-state index in [2.05, 4.69) is 49.4 Å². The number of pyridine rings is 1. The third-order valence-electron chi connectivity index (χ3n) is 7.78. The summed E-state index contributed by atoms with van der Waals surface area (Å²) in [6.07, 6.45) is 11.0. The fraction of sp³-hybridized carbons (Fsp3) is 0.600. The van der Waals surface area contributed by atoms with E-state index < -0.39 is 0 Å². The molecule has 37 heavy (non-hydrogen) atoms. The molecule has 0 radical (unpaired) electrons. The third-order valence-corrected chi connectivity index (χ3v) is 7.78. The summed E-state index contributed by atoms with van der Waals surface area (Å²) in [6, 6.07) is 12.8. The number of hydrogen-bond donors (Lipinski definition) is 4. The summed E-state index contributed by atoms with van der Waals surface area (Å²) in [4.78, 5) is 19.5. The number of fused-ring (bicyclic) bond motifs is 1. The van der Waals surface area contributed by atoms with Crippen molar-refractivity contribution in [2.75, 3.05) is 32.7 Å². The Morgan fingerprint density at radius 1 is 1.05 bits per heavy atom. The molecule has 0 bridgehead atoms. The van der Waals surface area contributed by atoms with Crippen molar-refractivity contribution in [1.29, 1.82) is 0 Å². The van der Waals surface area contributed by atoms with Crippen molar-refractivity contribution in [3.8, 4) is 0 Å². The first kappa shape index (κ1) is 27.7. The highest BCUT2D eigenvalue weighted by Gasteiger charge is 2.19. The van der Waals surface area contributed by atoms with E-state index in [9.17, 15) is 4.79 Å². The van der Waals surface area contributed by atoms with Crippen LogP contribution in [0.5, 0.6) is 0 Å². The minimum atomic E-state index is -0.271. The summed E-state index contributed by atoms with van der Waals surface area (Å²) in [7, 11) is 0. The first-order valence-electron chi connectivity index (χ1n) is 14.4. The molecule has 1 fully saturated rings. The van der Waals surface area contributed by atoms with Gasteiger partial charge in [0.05, 0.1) is 11.7 Å². The third kappa shape index (κ3) is 9.18. The Morgan fingerprint density at radius 3 is 2.78 bits per heavy atom. The molecule has 4 rings (SSSR count). The second-order valence-corrected chi connectivity index (χ2v) is 10.6. The highest BCUT2D eigenvalue weighted by molar-refractivity contribution is 5.81. The molecule has 1 aromatic carbocycles. The fourth-order valence-electron chi connectivity index (χ4n) is 5.48. The SMILES string of the molecule is C[C@H](NCc1ccccn1)C(=O)NCc1cccc2c1CCN(CCNCCCNC1CCCCC1)C2. The number of nitrogens with zero attached hydrogens (tertiary/aromatic N) is 2. The largest absolute Gasteiger partial charge is 0.351 e. The van der Waals surface area contributed by atoms with Crippen LogP contribution in [0.3, 0.4) is 0 Å². The number of nitrogens with one attached hydrogen (secondary N) is 4. The summed E-state index contributed by atoms with van der Waals surface area (Å²) in [5, 5.41) is 13.8. The van der Waals surface area contributed by atoms with Crippen LogP contribution >= 0.6 is 0 Å². The molecule has 2 aromatic rings. The lowest BCUT2D eigenvalue weighted by atomic mass is 9.94. The van der Waals surface area contributed by atoms with Gasteiger partial charge in [0.25, 0.3) is 0 Å². The summed E-state index contributed by atoms with van der Waals surface area (Å²) >= 11 is 0. The van der Waals surface area contributed by atoms with Gasteiger partial charge in [0.15, 0.2) is 0 Å². The molecule has 202 valence electrons. The zero-order chi connectivity index (χ0) is 25.7. The summed E-state index contributed by atoms with van der Waals surface area (Å²) in [5.41, 5.74) is 4.99. The van der Waals surface area contributed by atoms with Gasteiger partial charge in [0, 0.05) is 51.5 Å². The molecular weight excluding hydrogens is 460 g/mol. The van der Waals surface area contributed by atoms with Crippen molar-refractivity contribution in [3.05, 3.63) is 65.0 Å². The molecule has 1 aromatic heterocycles. The van der Waals surface area contributed by atoms with Gasteiger partial charge in [-0.05, 0) is 74.5 Å². The second-order valence-electron chi connectivity index (χ2n) is 10.6. The molecule has 0 spiro atoms. The molecule has 1 aliphatic carbocycles. The number of carbonyl (C=O) groups is 1. The van der Waals surface area contributed by atoms with Crippen LogP contribution in [0.25, 0.3) is 0 Å². The van der Waals surface area contributed by atoms with E-state index in [0.717, 1.165) is 57.4 Å². The number of rotatable bonds is 14. The molecule has 2 aliphatic rings. The quantitative estimate of drug-likeness (QED) is 0.295. The van der Waals surface area contributed by atoms with Gasteiger partial charge >= 0.3 is 0 Å². The standard InChI is InChI=1S/C30H46N6O/c1-24(34-22-28-13-5-6-16-33-28)30(37)35-21-25-9-7-10-26-23-36(19-14-29(25)26)20-18-31-15-8-17-32-27-11-3-2-4-12-27/h5-7,9-10,13,16,24,27,31-32,34H,2-4,8,11-12,14-15,17-23H2,1H3,(H,35,37)/t24-/m0/s1. The van der Waals surface area contributed by atoms with Crippen LogP contribution in [0.15, 0.2) is 42.6 Å². The van der Waals surface area contributed by atoms with Gasteiger partial charge < -0.3 is 21.3 Å². The molecule has 0 unspecified atom stereocenters. The minimum Gasteiger partial charge on any atom is -0.351 e. The van der Waals surface area contributed by atoms with E-state index in [1.54, 1.807) is 6.20 Å². The van der Waals surface area contributed by atoms with Gasteiger partial charge in [-0.15, -0.1) is 0 Å². The fourth-order valence-corrected chi connectivity index (χ4v) is 5.48. The molecule has 4 N–H and O–H groups in total. The lowest BCUT2D eigenvalue weighted by Crippen LogP contribution is -2.42. The molecular formula is C30H46N6O. The topological polar surface area (TPSA) is 81.3 Å². The Kier molecular flexibility index (Phi) is 11.4. The monoisotopic (exact) mass is 506 g/mol. The molecule has 1 atom stereocenters. The zero-order valence-corrected chi connectivity index (χ0v) is 22.6. The predicted molar refractivity (Wildman–Crippen MR) is 150 cm³/mol. The van der Waals surface area contributed by atoms with E-state index in [1.807, 2.05) is 25.1 Å². The molecule has 1 saturated carbocycles. The Bertz CT molecular complexity index is 946. The normalized spacial score (nSPS) is 17.3. The van der Waals surface area contributed by atoms with Gasteiger partial charge in [0.2, 0.25) is 5.91 Å². The van der Waals surface area contributed by atoms with Crippen LogP contribution in [-0.4, -0.2) is 60.6 Å². The van der Waals surface area contributed by atoms with Crippen LogP contribution < -0.4 is 21.3 Å². The van der Waals surface area contributed by atoms with E-state index in [4.69, 9.17) is 0 Å². The molecule has 7 heteroatoms. The smallest absolute Gasteiger partial charge is 0.237 e. The summed E-state index contributed by atoms with van der Waals surface area (Å²) < 4.78 is 0. The van der Waals surface area contributed by atoms with Crippen LogP contribution in [0, 0.1) is 0 Å². The van der Waals surface area contributed by atoms with Crippen molar-refractivity contribution >= 4 is 5.91 Å². The highest BCUT2D eigenvalue weighted by Crippen LogP contribution is 2.22. The Hall–Kier alpha value is -2.32. The highest BCUT2D eigenvalue weighted by atomic mass is 16.2. The predicted octanol–water partition coefficient (Wildman–Crippen LogP) is 3.14. The summed E-state index contributed by atoms with van der Waals surface area (Å²) in [5.74, 6) is 0.0194. The lowest BCUT2D eigenvalue weighted by Gasteiger charge is -2.30. The van der Waals surface area contributed by atoms with E-state index in [0.29, 0.717) is 13.1 Å². The average molecular weight is 507 g/mol. The van der Waals surface area contributed by atoms with E-state index in [1.165, 1.54) is 55.2 Å². The van der Waals surface area contributed by atoms with Crippen LogP contribution in [0.1, 0.15) is 67.8 Å². The average Bonchev–Trinajstić information content (AvgIpc) is 2.95. The molecule has 2 heterocycles. The van der Waals surface area contributed by atoms with Crippen LogP contribution in [0.2, 0.25) is 0 Å². The minimum absolute atomic E-state index is 0.0194. The first-order valence-corrected chi connectivity index (χ1v) is 14.4. The van der Waals surface area contributed by atoms with Crippen LogP contribution in [0.4, 0.5) is 0 Å². The van der Waals surface area contributed by atoms with Gasteiger partial charge in [-0.2, -0.15) is 0 Å². The Labute approximate surface area is 223 Å². The van der Waals surface area contributed by atoms with Crippen molar-refractivity contribution in [2.45, 2.75) is 83.6 Å². The van der Waals surface area contributed by atoms with Crippen molar-refractivity contribution in [1.82, 2.24) is 31.2 Å². The van der Waals surface area contributed by atoms with E-state index >= 15 is 0 Å². The maximum Gasteiger partial charge on any atom is 0.237 e. The number of carbonyl (C=O) groups excluding carboxylic acids is 1. The van der Waals surface area contributed by atoms with Gasteiger partial charge in [0.1, 0.15) is 0 Å². The number of benzene rings is 1. The van der Waals surface area contributed by atoms with Crippen molar-refractivity contribution in [2.24, 2.45) is 0 Å². The number of aromatic nitrogens is 1. The molecule has 0 saturated heterocycles. The van der Waals surface area contributed by atoms with Crippen molar-refractivity contribution in [3.63, 3.8) is 0 Å². The first-order chi connectivity index (χ1) is 18.2. The summed E-state index contributed by atoms with van der Waals surface area (Å²) in [6.45, 7) is 9.46. The maximum absolute atomic E-state index is 12.6. The van der Waals surface area contributed by atoms with Crippen LogP contribution in [-0.2, 0) is 30.8 Å². The zero-order valence-electron chi connectivity index (χ0n) is 22.6. The number of hydrogen-bond acceptors (Lipinski definition) is 6.